The second-order valence-electron chi connectivity index (χ2n) is 4.11. The van der Waals surface area contributed by atoms with E-state index in [0.717, 1.165) is 37.4 Å². The number of hydrogen-bond donors (Lipinski definition) is 1. The van der Waals surface area contributed by atoms with E-state index in [9.17, 15) is 0 Å². The van der Waals surface area contributed by atoms with Crippen molar-refractivity contribution in [1.29, 1.82) is 5.26 Å². The molecule has 0 saturated heterocycles. The van der Waals surface area contributed by atoms with Gasteiger partial charge in [0.1, 0.15) is 6.07 Å². The summed E-state index contributed by atoms with van der Waals surface area (Å²) in [5.41, 5.74) is 2.84. The summed E-state index contributed by atoms with van der Waals surface area (Å²) < 4.78 is 0. The number of nitrogens with zero attached hydrogens (tertiary/aromatic N) is 2. The molecule has 1 N–H and O–H groups in total. The molecule has 0 aromatic heterocycles. The zero-order valence-electron chi connectivity index (χ0n) is 11.0. The normalized spacial score (nSPS) is 10.3. The van der Waals surface area contributed by atoms with Crippen LogP contribution in [0.3, 0.4) is 0 Å². The van der Waals surface area contributed by atoms with Gasteiger partial charge in [0.05, 0.1) is 11.3 Å². The number of anilines is 1. The summed E-state index contributed by atoms with van der Waals surface area (Å²) in [7, 11) is 0. The molecule has 0 amide bonds. The predicted molar refractivity (Wildman–Crippen MR) is 72.2 cm³/mol. The molecule has 0 aliphatic carbocycles. The van der Waals surface area contributed by atoms with Crippen molar-refractivity contribution in [2.75, 3.05) is 31.5 Å². The Labute approximate surface area is 104 Å². The third-order valence-electron chi connectivity index (χ3n) is 2.93. The van der Waals surface area contributed by atoms with Crippen LogP contribution in [-0.2, 0) is 0 Å². The SMILES string of the molecule is CCN(CC)CCNc1cc(C)ccc1C#N. The molecule has 0 atom stereocenters. The second-order valence-corrected chi connectivity index (χ2v) is 4.11. The molecule has 0 saturated carbocycles. The third kappa shape index (κ3) is 4.08. The molecule has 1 aromatic carbocycles. The molecule has 0 aliphatic heterocycles. The first kappa shape index (κ1) is 13.5. The molecule has 0 bridgehead atoms. The number of rotatable bonds is 6. The Kier molecular flexibility index (Phi) is 5.51. The number of likely N-dealkylation sites (N-methyl/N-ethyl adjacent to an activating group) is 1. The number of nitriles is 1. The van der Waals surface area contributed by atoms with E-state index in [1.807, 2.05) is 25.1 Å². The molecule has 0 radical (unpaired) electrons. The third-order valence-corrected chi connectivity index (χ3v) is 2.93. The standard InChI is InChI=1S/C14H21N3/c1-4-17(5-2)9-8-16-14-10-12(3)6-7-13(14)11-15/h6-7,10,16H,4-5,8-9H2,1-3H3. The van der Waals surface area contributed by atoms with E-state index in [0.29, 0.717) is 0 Å². The number of benzene rings is 1. The lowest BCUT2D eigenvalue weighted by Crippen LogP contribution is -2.28. The highest BCUT2D eigenvalue weighted by molar-refractivity contribution is 5.58. The molecule has 92 valence electrons. The lowest BCUT2D eigenvalue weighted by atomic mass is 10.1. The van der Waals surface area contributed by atoms with Crippen LogP contribution in [0.1, 0.15) is 25.0 Å². The molecule has 0 unspecified atom stereocenters. The number of hydrogen-bond acceptors (Lipinski definition) is 3. The van der Waals surface area contributed by atoms with Crippen molar-refractivity contribution in [2.24, 2.45) is 0 Å². The average Bonchev–Trinajstić information content (AvgIpc) is 2.35. The maximum absolute atomic E-state index is 9.01. The molecular formula is C14H21N3. The van der Waals surface area contributed by atoms with Crippen molar-refractivity contribution in [3.8, 4) is 6.07 Å². The van der Waals surface area contributed by atoms with Gasteiger partial charge in [0.2, 0.25) is 0 Å². The maximum atomic E-state index is 9.01. The molecule has 1 aromatic rings. The van der Waals surface area contributed by atoms with Crippen LogP contribution in [0.25, 0.3) is 0 Å². The zero-order chi connectivity index (χ0) is 12.7. The molecular weight excluding hydrogens is 210 g/mol. The topological polar surface area (TPSA) is 39.1 Å². The summed E-state index contributed by atoms with van der Waals surface area (Å²) in [4.78, 5) is 2.36. The lowest BCUT2D eigenvalue weighted by molar-refractivity contribution is 0.316. The van der Waals surface area contributed by atoms with Crippen LogP contribution in [0.5, 0.6) is 0 Å². The van der Waals surface area contributed by atoms with Crippen LogP contribution in [0.4, 0.5) is 5.69 Å². The van der Waals surface area contributed by atoms with E-state index < -0.39 is 0 Å². The molecule has 0 fully saturated rings. The molecule has 0 spiro atoms. The van der Waals surface area contributed by atoms with Gasteiger partial charge in [0.15, 0.2) is 0 Å². The Morgan fingerprint density at radius 1 is 1.29 bits per heavy atom. The minimum atomic E-state index is 0.718. The fourth-order valence-electron chi connectivity index (χ4n) is 1.79. The van der Waals surface area contributed by atoms with E-state index in [2.05, 4.69) is 30.1 Å². The molecule has 17 heavy (non-hydrogen) atoms. The summed E-state index contributed by atoms with van der Waals surface area (Å²) in [6, 6.07) is 8.08. The van der Waals surface area contributed by atoms with Crippen molar-refractivity contribution in [3.63, 3.8) is 0 Å². The summed E-state index contributed by atoms with van der Waals surface area (Å²) >= 11 is 0. The maximum Gasteiger partial charge on any atom is 0.101 e. The Bertz CT molecular complexity index is 389. The summed E-state index contributed by atoms with van der Waals surface area (Å²) in [6.07, 6.45) is 0. The van der Waals surface area contributed by atoms with Crippen LogP contribution >= 0.6 is 0 Å². The van der Waals surface area contributed by atoms with Gasteiger partial charge >= 0.3 is 0 Å². The summed E-state index contributed by atoms with van der Waals surface area (Å²) in [5, 5.41) is 12.3. The quantitative estimate of drug-likeness (QED) is 0.818. The lowest BCUT2D eigenvalue weighted by Gasteiger charge is -2.18. The van der Waals surface area contributed by atoms with Crippen LogP contribution in [0.2, 0.25) is 0 Å². The smallest absolute Gasteiger partial charge is 0.101 e. The molecule has 1 rings (SSSR count). The molecule has 3 nitrogen and oxygen atoms in total. The van der Waals surface area contributed by atoms with Gasteiger partial charge in [-0.25, -0.2) is 0 Å². The van der Waals surface area contributed by atoms with E-state index in [4.69, 9.17) is 5.26 Å². The van der Waals surface area contributed by atoms with E-state index in [1.54, 1.807) is 0 Å². The van der Waals surface area contributed by atoms with E-state index in [-0.39, 0.29) is 0 Å². The molecule has 3 heteroatoms. The second kappa shape index (κ2) is 6.93. The first-order valence-corrected chi connectivity index (χ1v) is 6.18. The predicted octanol–water partition coefficient (Wildman–Crippen LogP) is 2.62. The highest BCUT2D eigenvalue weighted by Gasteiger charge is 2.02. The van der Waals surface area contributed by atoms with Crippen LogP contribution < -0.4 is 5.32 Å². The highest BCUT2D eigenvalue weighted by atomic mass is 15.1. The van der Waals surface area contributed by atoms with Gasteiger partial charge < -0.3 is 10.2 Å². The molecule has 0 heterocycles. The minimum absolute atomic E-state index is 0.718. The van der Waals surface area contributed by atoms with E-state index >= 15 is 0 Å². The van der Waals surface area contributed by atoms with Crippen LogP contribution in [-0.4, -0.2) is 31.1 Å². The Morgan fingerprint density at radius 2 is 2.00 bits per heavy atom. The largest absolute Gasteiger partial charge is 0.383 e. The van der Waals surface area contributed by atoms with Crippen molar-refractivity contribution in [2.45, 2.75) is 20.8 Å². The van der Waals surface area contributed by atoms with Gasteiger partial charge in [-0.05, 0) is 37.7 Å². The number of aryl methyl sites for hydroxylation is 1. The average molecular weight is 231 g/mol. The zero-order valence-corrected chi connectivity index (χ0v) is 11.0. The van der Waals surface area contributed by atoms with Crippen LogP contribution in [0, 0.1) is 18.3 Å². The van der Waals surface area contributed by atoms with Gasteiger partial charge in [-0.3, -0.25) is 0 Å². The fraction of sp³-hybridized carbons (Fsp3) is 0.500. The van der Waals surface area contributed by atoms with E-state index in [1.165, 1.54) is 5.56 Å². The van der Waals surface area contributed by atoms with Gasteiger partial charge in [0, 0.05) is 13.1 Å². The first-order chi connectivity index (χ1) is 8.21. The van der Waals surface area contributed by atoms with Crippen molar-refractivity contribution in [3.05, 3.63) is 29.3 Å². The Balaban J connectivity index is 2.57. The fourth-order valence-corrected chi connectivity index (χ4v) is 1.79. The number of nitrogens with one attached hydrogen (secondary N) is 1. The first-order valence-electron chi connectivity index (χ1n) is 6.18. The Morgan fingerprint density at radius 3 is 2.59 bits per heavy atom. The van der Waals surface area contributed by atoms with Crippen molar-refractivity contribution >= 4 is 5.69 Å². The van der Waals surface area contributed by atoms with Gasteiger partial charge in [-0.1, -0.05) is 19.9 Å². The monoisotopic (exact) mass is 231 g/mol. The van der Waals surface area contributed by atoms with Crippen molar-refractivity contribution in [1.82, 2.24) is 4.90 Å². The highest BCUT2D eigenvalue weighted by Crippen LogP contribution is 2.16. The minimum Gasteiger partial charge on any atom is -0.383 e. The molecule has 0 aliphatic rings. The summed E-state index contributed by atoms with van der Waals surface area (Å²) in [6.45, 7) is 10.4. The van der Waals surface area contributed by atoms with Crippen molar-refractivity contribution < 1.29 is 0 Å². The summed E-state index contributed by atoms with van der Waals surface area (Å²) in [5.74, 6) is 0. The Hall–Kier alpha value is -1.53. The van der Waals surface area contributed by atoms with Gasteiger partial charge in [0.25, 0.3) is 0 Å². The van der Waals surface area contributed by atoms with Gasteiger partial charge in [-0.15, -0.1) is 0 Å². The van der Waals surface area contributed by atoms with Gasteiger partial charge in [-0.2, -0.15) is 5.26 Å². The van der Waals surface area contributed by atoms with Crippen LogP contribution in [0.15, 0.2) is 18.2 Å².